The summed E-state index contributed by atoms with van der Waals surface area (Å²) in [5.74, 6) is 1.30. The number of rotatable bonds is 10. The number of phenols is 1. The van der Waals surface area contributed by atoms with Gasteiger partial charge in [0.25, 0.3) is 0 Å². The van der Waals surface area contributed by atoms with E-state index in [0.29, 0.717) is 34.4 Å². The third-order valence-electron chi connectivity index (χ3n) is 5.39. The number of fused-ring (bicyclic) bond motifs is 1. The van der Waals surface area contributed by atoms with Gasteiger partial charge < -0.3 is 18.7 Å². The zero-order valence-corrected chi connectivity index (χ0v) is 20.3. The maximum Gasteiger partial charge on any atom is 0.647 e. The lowest BCUT2D eigenvalue weighted by molar-refractivity contribution is 0.298. The lowest BCUT2D eigenvalue weighted by atomic mass is 9.98. The van der Waals surface area contributed by atoms with Gasteiger partial charge in [0.15, 0.2) is 0 Å². The van der Waals surface area contributed by atoms with E-state index >= 15 is 0 Å². The summed E-state index contributed by atoms with van der Waals surface area (Å²) in [6.07, 6.45) is 3.34. The summed E-state index contributed by atoms with van der Waals surface area (Å²) >= 11 is 0. The first-order chi connectivity index (χ1) is 16.5. The van der Waals surface area contributed by atoms with Gasteiger partial charge in [0.2, 0.25) is 0 Å². The summed E-state index contributed by atoms with van der Waals surface area (Å²) in [5, 5.41) is 12.1. The van der Waals surface area contributed by atoms with E-state index in [-0.39, 0.29) is 5.75 Å². The van der Waals surface area contributed by atoms with Crippen LogP contribution < -0.4 is 13.6 Å². The molecule has 0 aliphatic heterocycles. The van der Waals surface area contributed by atoms with Crippen molar-refractivity contribution in [2.75, 3.05) is 0 Å². The lowest BCUT2D eigenvalue weighted by Crippen LogP contribution is -2.09. The maximum atomic E-state index is 14.0. The number of benzene rings is 4. The summed E-state index contributed by atoms with van der Waals surface area (Å²) in [5.41, 5.74) is 1.85. The summed E-state index contributed by atoms with van der Waals surface area (Å²) in [7, 11) is -4.16. The van der Waals surface area contributed by atoms with Gasteiger partial charge in [-0.3, -0.25) is 0 Å². The van der Waals surface area contributed by atoms with Gasteiger partial charge in [0.05, 0.1) is 0 Å². The number of hydrogen-bond donors (Lipinski definition) is 1. The van der Waals surface area contributed by atoms with Gasteiger partial charge in [-0.1, -0.05) is 75.2 Å². The Morgan fingerprint density at radius 1 is 0.706 bits per heavy atom. The second-order valence-electron chi connectivity index (χ2n) is 8.11. The highest BCUT2D eigenvalue weighted by Crippen LogP contribution is 2.52. The van der Waals surface area contributed by atoms with Crippen LogP contribution in [0.3, 0.4) is 0 Å². The first-order valence-electron chi connectivity index (χ1n) is 11.6. The molecule has 0 saturated heterocycles. The van der Waals surface area contributed by atoms with E-state index in [0.717, 1.165) is 30.4 Å². The molecule has 0 heterocycles. The number of aryl methyl sites for hydroxylation is 2. The fourth-order valence-corrected chi connectivity index (χ4v) is 5.19. The summed E-state index contributed by atoms with van der Waals surface area (Å²) in [6.45, 7) is 4.15. The van der Waals surface area contributed by atoms with Gasteiger partial charge in [-0.25, -0.2) is 0 Å². The Morgan fingerprint density at radius 2 is 1.29 bits per heavy atom. The molecule has 6 heteroatoms. The minimum Gasteiger partial charge on any atom is -0.507 e. The molecule has 1 N–H and O–H groups in total. The highest BCUT2D eigenvalue weighted by molar-refractivity contribution is 7.49. The van der Waals surface area contributed by atoms with E-state index in [1.165, 1.54) is 0 Å². The second-order valence-corrected chi connectivity index (χ2v) is 9.55. The van der Waals surface area contributed by atoms with E-state index in [1.54, 1.807) is 54.6 Å². The van der Waals surface area contributed by atoms with Gasteiger partial charge in [-0.2, -0.15) is 4.57 Å². The molecule has 0 aliphatic carbocycles. The fourth-order valence-electron chi connectivity index (χ4n) is 3.88. The second kappa shape index (κ2) is 10.7. The van der Waals surface area contributed by atoms with Crippen LogP contribution in [0.1, 0.15) is 37.8 Å². The van der Waals surface area contributed by atoms with Crippen LogP contribution in [0, 0.1) is 0 Å². The quantitative estimate of drug-likeness (QED) is 0.234. The van der Waals surface area contributed by atoms with Crippen molar-refractivity contribution in [3.8, 4) is 23.0 Å². The van der Waals surface area contributed by atoms with Crippen molar-refractivity contribution >= 4 is 18.6 Å². The maximum absolute atomic E-state index is 14.0. The number of phosphoric ester groups is 1. The Balaban J connectivity index is 1.82. The topological polar surface area (TPSA) is 65.0 Å². The molecule has 0 bridgehead atoms. The van der Waals surface area contributed by atoms with Crippen molar-refractivity contribution in [3.63, 3.8) is 0 Å². The molecule has 5 nitrogen and oxygen atoms in total. The molecular formula is C28H29O5P. The standard InChI is InChI=1S/C28H29O5P/c1-3-11-21-17-18-25-26(19-21)27(29)20-22(12-4-2)28(25)33-34(30,31-23-13-7-5-8-14-23)32-24-15-9-6-10-16-24/h5-10,13-20,29H,3-4,11-12H2,1-2H3. The average Bonchev–Trinajstić information content (AvgIpc) is 2.83. The molecule has 0 aliphatic rings. The highest BCUT2D eigenvalue weighted by Gasteiger charge is 2.35. The molecule has 0 amide bonds. The molecule has 0 saturated carbocycles. The normalized spacial score (nSPS) is 11.4. The van der Waals surface area contributed by atoms with Crippen LogP contribution in [0.2, 0.25) is 0 Å². The molecule has 0 fully saturated rings. The van der Waals surface area contributed by atoms with Gasteiger partial charge in [0.1, 0.15) is 23.0 Å². The zero-order chi connectivity index (χ0) is 24.0. The molecule has 4 rings (SSSR count). The lowest BCUT2D eigenvalue weighted by Gasteiger charge is -2.22. The molecule has 4 aromatic carbocycles. The Labute approximate surface area is 200 Å². The molecule has 176 valence electrons. The predicted octanol–water partition coefficient (Wildman–Crippen LogP) is 8.10. The Kier molecular flexibility index (Phi) is 7.44. The fraction of sp³-hybridized carbons (Fsp3) is 0.214. The third kappa shape index (κ3) is 5.55. The molecule has 34 heavy (non-hydrogen) atoms. The van der Waals surface area contributed by atoms with Crippen molar-refractivity contribution in [1.29, 1.82) is 0 Å². The number of phenolic OH excluding ortho intramolecular Hbond substituents is 1. The monoisotopic (exact) mass is 476 g/mol. The van der Waals surface area contributed by atoms with Gasteiger partial charge >= 0.3 is 7.82 Å². The van der Waals surface area contributed by atoms with E-state index in [2.05, 4.69) is 6.92 Å². The van der Waals surface area contributed by atoms with Crippen LogP contribution >= 0.6 is 7.82 Å². The number of para-hydroxylation sites is 2. The highest BCUT2D eigenvalue weighted by atomic mass is 31.2. The smallest absolute Gasteiger partial charge is 0.507 e. The van der Waals surface area contributed by atoms with Crippen molar-refractivity contribution in [2.45, 2.75) is 39.5 Å². The minimum atomic E-state index is -4.16. The number of phosphoric acid groups is 1. The predicted molar refractivity (Wildman–Crippen MR) is 136 cm³/mol. The SMILES string of the molecule is CCCc1ccc2c(OP(=O)(Oc3ccccc3)Oc3ccccc3)c(CCC)cc(O)c2c1. The van der Waals surface area contributed by atoms with Crippen LogP contribution in [-0.4, -0.2) is 5.11 Å². The van der Waals surface area contributed by atoms with Gasteiger partial charge in [-0.15, -0.1) is 0 Å². The molecular weight excluding hydrogens is 447 g/mol. The Hall–Kier alpha value is -3.43. The van der Waals surface area contributed by atoms with Crippen LogP contribution in [0.15, 0.2) is 84.9 Å². The summed E-state index contributed by atoms with van der Waals surface area (Å²) in [6, 6.07) is 25.2. The van der Waals surface area contributed by atoms with Gasteiger partial charge in [0, 0.05) is 10.8 Å². The molecule has 0 atom stereocenters. The Morgan fingerprint density at radius 3 is 1.85 bits per heavy atom. The molecule has 4 aromatic rings. The van der Waals surface area contributed by atoms with Gasteiger partial charge in [-0.05, 0) is 60.4 Å². The van der Waals surface area contributed by atoms with Crippen molar-refractivity contribution in [1.82, 2.24) is 0 Å². The average molecular weight is 477 g/mol. The van der Waals surface area contributed by atoms with Crippen molar-refractivity contribution in [2.24, 2.45) is 0 Å². The van der Waals surface area contributed by atoms with Crippen molar-refractivity contribution < 1.29 is 23.2 Å². The van der Waals surface area contributed by atoms with Crippen LogP contribution in [0.5, 0.6) is 23.0 Å². The van der Waals surface area contributed by atoms with E-state index in [1.807, 2.05) is 37.3 Å². The molecule has 0 radical (unpaired) electrons. The first kappa shape index (κ1) is 23.7. The van der Waals surface area contributed by atoms with Crippen molar-refractivity contribution in [3.05, 3.63) is 96.1 Å². The van der Waals surface area contributed by atoms with E-state index in [4.69, 9.17) is 13.6 Å². The summed E-state index contributed by atoms with van der Waals surface area (Å²) < 4.78 is 31.9. The first-order valence-corrected chi connectivity index (χ1v) is 13.0. The number of hydrogen-bond acceptors (Lipinski definition) is 5. The minimum absolute atomic E-state index is 0.173. The van der Waals surface area contributed by atoms with Crippen LogP contribution in [-0.2, 0) is 17.4 Å². The van der Waals surface area contributed by atoms with Crippen LogP contribution in [0.25, 0.3) is 10.8 Å². The van der Waals surface area contributed by atoms with E-state index < -0.39 is 7.82 Å². The largest absolute Gasteiger partial charge is 0.647 e. The number of aromatic hydroxyl groups is 1. The van der Waals surface area contributed by atoms with Crippen LogP contribution in [0.4, 0.5) is 0 Å². The third-order valence-corrected chi connectivity index (χ3v) is 6.66. The molecule has 0 spiro atoms. The van der Waals surface area contributed by atoms with E-state index in [9.17, 15) is 9.67 Å². The molecule has 0 unspecified atom stereocenters. The summed E-state index contributed by atoms with van der Waals surface area (Å²) in [4.78, 5) is 0. The Bertz CT molecular complexity index is 1240. The zero-order valence-electron chi connectivity index (χ0n) is 19.4. The molecule has 0 aromatic heterocycles.